The summed E-state index contributed by atoms with van der Waals surface area (Å²) in [7, 11) is 2.82. The number of aromatic nitrogens is 2. The first kappa shape index (κ1) is 16.8. The van der Waals surface area contributed by atoms with Crippen LogP contribution in [-0.2, 0) is 0 Å². The molecule has 0 radical (unpaired) electrons. The average molecular weight is 332 g/mol. The van der Waals surface area contributed by atoms with E-state index in [0.29, 0.717) is 5.56 Å². The fourth-order valence-corrected chi connectivity index (χ4v) is 1.86. The van der Waals surface area contributed by atoms with E-state index < -0.39 is 9.85 Å². The van der Waals surface area contributed by atoms with Gasteiger partial charge in [0.05, 0.1) is 41.3 Å². The zero-order valence-corrected chi connectivity index (χ0v) is 12.7. The third-order valence-corrected chi connectivity index (χ3v) is 3.00. The smallest absolute Gasteiger partial charge is 0.319 e. The Hall–Kier alpha value is -3.56. The Kier molecular flexibility index (Phi) is 5.00. The Morgan fingerprint density at radius 1 is 1.04 bits per heavy atom. The summed E-state index contributed by atoms with van der Waals surface area (Å²) in [4.78, 5) is 28.4. The fourth-order valence-electron chi connectivity index (χ4n) is 1.86. The molecule has 0 atom stereocenters. The lowest BCUT2D eigenvalue weighted by Gasteiger charge is -2.04. The van der Waals surface area contributed by atoms with Crippen LogP contribution in [0.5, 0.6) is 11.9 Å². The molecule has 1 heterocycles. The molecule has 124 valence electrons. The molecule has 0 saturated carbocycles. The summed E-state index contributed by atoms with van der Waals surface area (Å²) in [5.74, 6) is 0.225. The van der Waals surface area contributed by atoms with Crippen molar-refractivity contribution in [2.45, 2.75) is 0 Å². The first-order valence-corrected chi connectivity index (χ1v) is 6.52. The van der Waals surface area contributed by atoms with Gasteiger partial charge in [0.25, 0.3) is 11.4 Å². The lowest BCUT2D eigenvalue weighted by molar-refractivity contribution is -0.394. The first-order valence-electron chi connectivity index (χ1n) is 6.52. The van der Waals surface area contributed by atoms with Crippen molar-refractivity contribution >= 4 is 23.5 Å². The van der Waals surface area contributed by atoms with Gasteiger partial charge < -0.3 is 9.47 Å². The number of rotatable bonds is 6. The summed E-state index contributed by atoms with van der Waals surface area (Å²) in [6.07, 6.45) is 4.36. The van der Waals surface area contributed by atoms with E-state index in [4.69, 9.17) is 9.47 Å². The molecule has 1 aromatic carbocycles. The highest BCUT2D eigenvalue weighted by atomic mass is 16.6. The molecule has 0 saturated heterocycles. The van der Waals surface area contributed by atoms with E-state index in [9.17, 15) is 20.2 Å². The molecular weight excluding hydrogens is 320 g/mol. The zero-order valence-electron chi connectivity index (χ0n) is 12.7. The normalized spacial score (nSPS) is 10.6. The summed E-state index contributed by atoms with van der Waals surface area (Å²) in [5.41, 5.74) is -0.0764. The molecule has 2 aromatic rings. The Morgan fingerprint density at radius 2 is 1.75 bits per heavy atom. The maximum Gasteiger partial charge on any atom is 0.319 e. The summed E-state index contributed by atoms with van der Waals surface area (Å²) in [6, 6.07) is 3.50. The molecule has 0 aliphatic carbocycles. The second kappa shape index (κ2) is 7.13. The zero-order chi connectivity index (χ0) is 17.7. The van der Waals surface area contributed by atoms with Crippen LogP contribution in [-0.4, -0.2) is 34.0 Å². The van der Waals surface area contributed by atoms with Crippen LogP contribution in [0.2, 0.25) is 0 Å². The summed E-state index contributed by atoms with van der Waals surface area (Å²) >= 11 is 0. The molecule has 24 heavy (non-hydrogen) atoms. The Morgan fingerprint density at radius 3 is 2.33 bits per heavy atom. The highest BCUT2D eigenvalue weighted by molar-refractivity contribution is 5.76. The van der Waals surface area contributed by atoms with Gasteiger partial charge in [-0.05, 0) is 18.2 Å². The number of benzene rings is 1. The van der Waals surface area contributed by atoms with E-state index in [0.717, 1.165) is 6.07 Å². The van der Waals surface area contributed by atoms with E-state index in [1.165, 1.54) is 44.7 Å². The number of nitrogens with zero attached hydrogens (tertiary/aromatic N) is 4. The molecule has 0 aliphatic rings. The predicted molar refractivity (Wildman–Crippen MR) is 83.8 cm³/mol. The van der Waals surface area contributed by atoms with Crippen molar-refractivity contribution in [2.75, 3.05) is 14.2 Å². The number of non-ortho nitro benzene ring substituents is 1. The van der Waals surface area contributed by atoms with Gasteiger partial charge in [-0.25, -0.2) is 4.98 Å². The quantitative estimate of drug-likeness (QED) is 0.582. The van der Waals surface area contributed by atoms with Crippen LogP contribution in [0.4, 0.5) is 11.4 Å². The van der Waals surface area contributed by atoms with Gasteiger partial charge in [0.1, 0.15) is 0 Å². The van der Waals surface area contributed by atoms with Crippen molar-refractivity contribution in [1.82, 2.24) is 9.97 Å². The van der Waals surface area contributed by atoms with E-state index in [-0.39, 0.29) is 28.8 Å². The van der Waals surface area contributed by atoms with Crippen molar-refractivity contribution in [2.24, 2.45) is 0 Å². The largest absolute Gasteiger partial charge is 0.480 e. The molecule has 0 aliphatic heterocycles. The van der Waals surface area contributed by atoms with E-state index in [2.05, 4.69) is 9.97 Å². The van der Waals surface area contributed by atoms with Crippen LogP contribution in [0.3, 0.4) is 0 Å². The maximum atomic E-state index is 11.1. The minimum atomic E-state index is -0.694. The second-order valence-corrected chi connectivity index (χ2v) is 4.41. The van der Waals surface area contributed by atoms with Crippen molar-refractivity contribution in [3.63, 3.8) is 0 Å². The predicted octanol–water partition coefficient (Wildman–Crippen LogP) is 2.48. The summed E-state index contributed by atoms with van der Waals surface area (Å²) in [5, 5.41) is 21.8. The molecule has 2 rings (SSSR count). The minimum absolute atomic E-state index is 0.116. The molecular formula is C14H12N4O6. The lowest BCUT2D eigenvalue weighted by atomic mass is 10.1. The number of hydrogen-bond donors (Lipinski definition) is 0. The van der Waals surface area contributed by atoms with Crippen LogP contribution < -0.4 is 9.47 Å². The number of hydrogen-bond acceptors (Lipinski definition) is 8. The average Bonchev–Trinajstić information content (AvgIpc) is 2.59. The van der Waals surface area contributed by atoms with E-state index >= 15 is 0 Å². The number of nitro benzene ring substituents is 2. The van der Waals surface area contributed by atoms with Gasteiger partial charge >= 0.3 is 6.01 Å². The summed E-state index contributed by atoms with van der Waals surface area (Å²) < 4.78 is 9.98. The number of nitro groups is 2. The third kappa shape index (κ3) is 3.61. The van der Waals surface area contributed by atoms with E-state index in [1.807, 2.05) is 0 Å². The van der Waals surface area contributed by atoms with Crippen LogP contribution in [0.1, 0.15) is 11.1 Å². The molecule has 1 aromatic heterocycles. The second-order valence-electron chi connectivity index (χ2n) is 4.41. The Balaban J connectivity index is 2.42. The van der Waals surface area contributed by atoms with Gasteiger partial charge in [-0.1, -0.05) is 0 Å². The van der Waals surface area contributed by atoms with Gasteiger partial charge in [0, 0.05) is 12.3 Å². The molecule has 10 nitrogen and oxygen atoms in total. The van der Waals surface area contributed by atoms with Crippen molar-refractivity contribution in [3.05, 3.63) is 55.8 Å². The molecule has 0 amide bonds. The summed E-state index contributed by atoms with van der Waals surface area (Å²) in [6.45, 7) is 0. The van der Waals surface area contributed by atoms with Gasteiger partial charge in [-0.15, -0.1) is 0 Å². The SMILES string of the molecule is COc1ncc(/C=C/c2ccc([N+](=O)[O-])cc2[N+](=O)[O-])c(OC)n1. The molecule has 0 N–H and O–H groups in total. The van der Waals surface area contributed by atoms with Crippen molar-refractivity contribution in [3.8, 4) is 11.9 Å². The minimum Gasteiger partial charge on any atom is -0.480 e. The van der Waals surface area contributed by atoms with E-state index in [1.54, 1.807) is 0 Å². The van der Waals surface area contributed by atoms with Gasteiger partial charge in [-0.2, -0.15) is 4.98 Å². The highest BCUT2D eigenvalue weighted by Crippen LogP contribution is 2.27. The molecule has 10 heteroatoms. The van der Waals surface area contributed by atoms with Gasteiger partial charge in [0.15, 0.2) is 0 Å². The lowest BCUT2D eigenvalue weighted by Crippen LogP contribution is -1.97. The van der Waals surface area contributed by atoms with Crippen LogP contribution >= 0.6 is 0 Å². The van der Waals surface area contributed by atoms with Crippen LogP contribution in [0.25, 0.3) is 12.2 Å². The van der Waals surface area contributed by atoms with Crippen molar-refractivity contribution < 1.29 is 19.3 Å². The van der Waals surface area contributed by atoms with Crippen LogP contribution in [0.15, 0.2) is 24.4 Å². The molecule has 0 spiro atoms. The van der Waals surface area contributed by atoms with Gasteiger partial charge in [0.2, 0.25) is 5.88 Å². The topological polar surface area (TPSA) is 131 Å². The number of methoxy groups -OCH3 is 2. The Labute approximate surface area is 135 Å². The molecule has 0 bridgehead atoms. The third-order valence-electron chi connectivity index (χ3n) is 3.00. The first-order chi connectivity index (χ1) is 11.5. The highest BCUT2D eigenvalue weighted by Gasteiger charge is 2.18. The van der Waals surface area contributed by atoms with Crippen molar-refractivity contribution in [1.29, 1.82) is 0 Å². The molecule has 0 fully saturated rings. The monoisotopic (exact) mass is 332 g/mol. The fraction of sp³-hybridized carbons (Fsp3) is 0.143. The maximum absolute atomic E-state index is 11.1. The Bertz CT molecular complexity index is 821. The molecule has 0 unspecified atom stereocenters. The van der Waals surface area contributed by atoms with Gasteiger partial charge in [-0.3, -0.25) is 20.2 Å². The number of ether oxygens (including phenoxy) is 2. The standard InChI is InChI=1S/C14H12N4O6/c1-23-13-10(8-15-14(16-13)24-2)4-3-9-5-6-11(17(19)20)7-12(9)18(21)22/h3-8H,1-2H3/b4-3+. The van der Waals surface area contributed by atoms with Crippen LogP contribution in [0, 0.1) is 20.2 Å².